The molecule has 104 valence electrons. The Hall–Kier alpha value is -2.56. The van der Waals surface area contributed by atoms with Crippen molar-refractivity contribution in [2.75, 3.05) is 18.5 Å². The molecule has 5 heteroatoms. The minimum Gasteiger partial charge on any atom is -0.494 e. The molecule has 2 aromatic rings. The van der Waals surface area contributed by atoms with E-state index in [9.17, 15) is 4.79 Å². The first kappa shape index (κ1) is 13.9. The SMILES string of the molecule is O=C(O)c1ccc(NCCCOc2ccccc2)nc1. The van der Waals surface area contributed by atoms with E-state index in [1.807, 2.05) is 30.3 Å². The van der Waals surface area contributed by atoms with Gasteiger partial charge in [0.15, 0.2) is 0 Å². The van der Waals surface area contributed by atoms with Gasteiger partial charge in [0, 0.05) is 12.7 Å². The molecule has 0 bridgehead atoms. The number of para-hydroxylation sites is 1. The topological polar surface area (TPSA) is 71.5 Å². The molecule has 2 N–H and O–H groups in total. The number of hydrogen-bond acceptors (Lipinski definition) is 4. The van der Waals surface area contributed by atoms with Gasteiger partial charge in [-0.15, -0.1) is 0 Å². The highest BCUT2D eigenvalue weighted by Crippen LogP contribution is 2.09. The van der Waals surface area contributed by atoms with Crippen LogP contribution in [0.3, 0.4) is 0 Å². The minimum absolute atomic E-state index is 0.183. The van der Waals surface area contributed by atoms with Crippen molar-refractivity contribution >= 4 is 11.8 Å². The Morgan fingerprint density at radius 3 is 2.65 bits per heavy atom. The average Bonchev–Trinajstić information content (AvgIpc) is 2.48. The number of ether oxygens (including phenoxy) is 1. The van der Waals surface area contributed by atoms with Crippen LogP contribution in [0.25, 0.3) is 0 Å². The van der Waals surface area contributed by atoms with Gasteiger partial charge in [-0.2, -0.15) is 0 Å². The maximum Gasteiger partial charge on any atom is 0.337 e. The minimum atomic E-state index is -0.972. The summed E-state index contributed by atoms with van der Waals surface area (Å²) >= 11 is 0. The van der Waals surface area contributed by atoms with Crippen LogP contribution in [0, 0.1) is 0 Å². The number of nitrogens with one attached hydrogen (secondary N) is 1. The molecule has 1 aromatic heterocycles. The van der Waals surface area contributed by atoms with Crippen LogP contribution in [0.5, 0.6) is 5.75 Å². The average molecular weight is 272 g/mol. The molecule has 5 nitrogen and oxygen atoms in total. The van der Waals surface area contributed by atoms with Crippen molar-refractivity contribution in [3.8, 4) is 5.75 Å². The third-order valence-electron chi connectivity index (χ3n) is 2.65. The largest absolute Gasteiger partial charge is 0.494 e. The van der Waals surface area contributed by atoms with E-state index in [4.69, 9.17) is 9.84 Å². The van der Waals surface area contributed by atoms with Crippen LogP contribution in [0.15, 0.2) is 48.7 Å². The second-order valence-electron chi connectivity index (χ2n) is 4.18. The number of carboxylic acids is 1. The lowest BCUT2D eigenvalue weighted by atomic mass is 10.3. The summed E-state index contributed by atoms with van der Waals surface area (Å²) in [5.74, 6) is 0.548. The second-order valence-corrected chi connectivity index (χ2v) is 4.18. The summed E-state index contributed by atoms with van der Waals surface area (Å²) in [6.07, 6.45) is 2.17. The van der Waals surface area contributed by atoms with Gasteiger partial charge >= 0.3 is 5.97 Å². The molecule has 0 saturated carbocycles. The van der Waals surface area contributed by atoms with E-state index in [-0.39, 0.29) is 5.56 Å². The number of pyridine rings is 1. The molecule has 0 amide bonds. The van der Waals surface area contributed by atoms with Gasteiger partial charge in [0.1, 0.15) is 11.6 Å². The summed E-state index contributed by atoms with van der Waals surface area (Å²) in [4.78, 5) is 14.7. The predicted molar refractivity (Wildman–Crippen MR) is 76.2 cm³/mol. The highest BCUT2D eigenvalue weighted by molar-refractivity contribution is 5.87. The Morgan fingerprint density at radius 1 is 1.20 bits per heavy atom. The summed E-state index contributed by atoms with van der Waals surface area (Å²) in [6.45, 7) is 1.33. The van der Waals surface area contributed by atoms with E-state index >= 15 is 0 Å². The van der Waals surface area contributed by atoms with Gasteiger partial charge in [-0.1, -0.05) is 18.2 Å². The van der Waals surface area contributed by atoms with Crippen LogP contribution in [0.4, 0.5) is 5.82 Å². The molecule has 1 heterocycles. The molecule has 20 heavy (non-hydrogen) atoms. The first-order valence-electron chi connectivity index (χ1n) is 6.37. The standard InChI is InChI=1S/C15H16N2O3/c18-15(19)12-7-8-14(17-11-12)16-9-4-10-20-13-5-2-1-3-6-13/h1-3,5-8,11H,4,9-10H2,(H,16,17)(H,18,19). The predicted octanol–water partition coefficient (Wildman–Crippen LogP) is 2.66. The number of carbonyl (C=O) groups is 1. The lowest BCUT2D eigenvalue weighted by molar-refractivity contribution is 0.0696. The number of carboxylic acid groups (broad SMARTS) is 1. The molecular weight excluding hydrogens is 256 g/mol. The number of nitrogens with zero attached hydrogens (tertiary/aromatic N) is 1. The number of rotatable bonds is 7. The van der Waals surface area contributed by atoms with E-state index in [0.717, 1.165) is 12.2 Å². The smallest absolute Gasteiger partial charge is 0.337 e. The third kappa shape index (κ3) is 4.28. The van der Waals surface area contributed by atoms with Gasteiger partial charge < -0.3 is 15.2 Å². The van der Waals surface area contributed by atoms with E-state index in [1.54, 1.807) is 6.07 Å². The van der Waals surface area contributed by atoms with Crippen molar-refractivity contribution in [1.82, 2.24) is 4.98 Å². The lowest BCUT2D eigenvalue weighted by Crippen LogP contribution is -2.08. The summed E-state index contributed by atoms with van der Waals surface area (Å²) in [5, 5.41) is 11.9. The zero-order chi connectivity index (χ0) is 14.2. The van der Waals surface area contributed by atoms with Crippen LogP contribution in [-0.4, -0.2) is 29.2 Å². The highest BCUT2D eigenvalue weighted by Gasteiger charge is 2.02. The maximum atomic E-state index is 10.7. The van der Waals surface area contributed by atoms with Crippen molar-refractivity contribution in [2.45, 2.75) is 6.42 Å². The molecule has 0 radical (unpaired) electrons. The molecule has 0 aliphatic carbocycles. The van der Waals surface area contributed by atoms with Gasteiger partial charge in [0.25, 0.3) is 0 Å². The third-order valence-corrected chi connectivity index (χ3v) is 2.65. The Morgan fingerprint density at radius 2 is 2.00 bits per heavy atom. The summed E-state index contributed by atoms with van der Waals surface area (Å²) in [6, 6.07) is 12.8. The van der Waals surface area contributed by atoms with E-state index in [0.29, 0.717) is 19.0 Å². The molecule has 0 atom stereocenters. The Kier molecular flexibility index (Phi) is 4.94. The normalized spacial score (nSPS) is 10.0. The highest BCUT2D eigenvalue weighted by atomic mass is 16.5. The molecule has 0 aliphatic rings. The van der Waals surface area contributed by atoms with Crippen molar-refractivity contribution in [2.24, 2.45) is 0 Å². The number of anilines is 1. The molecule has 2 rings (SSSR count). The number of hydrogen-bond donors (Lipinski definition) is 2. The van der Waals surface area contributed by atoms with E-state index in [2.05, 4.69) is 10.3 Å². The van der Waals surface area contributed by atoms with Crippen LogP contribution >= 0.6 is 0 Å². The van der Waals surface area contributed by atoms with Gasteiger partial charge in [-0.05, 0) is 30.7 Å². The fraction of sp³-hybridized carbons (Fsp3) is 0.200. The summed E-state index contributed by atoms with van der Waals surface area (Å²) in [7, 11) is 0. The van der Waals surface area contributed by atoms with Gasteiger partial charge in [0.2, 0.25) is 0 Å². The zero-order valence-electron chi connectivity index (χ0n) is 11.0. The van der Waals surface area contributed by atoms with Crippen LogP contribution in [-0.2, 0) is 0 Å². The van der Waals surface area contributed by atoms with Crippen molar-refractivity contribution in [1.29, 1.82) is 0 Å². The fourth-order valence-electron chi connectivity index (χ4n) is 1.62. The molecule has 0 saturated heterocycles. The lowest BCUT2D eigenvalue weighted by Gasteiger charge is -2.07. The molecule has 0 unspecified atom stereocenters. The van der Waals surface area contributed by atoms with Crippen LogP contribution in [0.2, 0.25) is 0 Å². The molecular formula is C15H16N2O3. The molecule has 1 aromatic carbocycles. The monoisotopic (exact) mass is 272 g/mol. The Labute approximate surface area is 117 Å². The Bertz CT molecular complexity index is 541. The second kappa shape index (κ2) is 7.13. The summed E-state index contributed by atoms with van der Waals surface area (Å²) in [5.41, 5.74) is 0.183. The van der Waals surface area contributed by atoms with Crippen LogP contribution < -0.4 is 10.1 Å². The fourth-order valence-corrected chi connectivity index (χ4v) is 1.62. The zero-order valence-corrected chi connectivity index (χ0v) is 11.0. The van der Waals surface area contributed by atoms with E-state index < -0.39 is 5.97 Å². The number of benzene rings is 1. The maximum absolute atomic E-state index is 10.7. The van der Waals surface area contributed by atoms with Crippen molar-refractivity contribution in [3.05, 3.63) is 54.2 Å². The quantitative estimate of drug-likeness (QED) is 0.758. The first-order chi connectivity index (χ1) is 9.75. The number of aromatic carboxylic acids is 1. The molecule has 0 spiro atoms. The molecule has 0 fully saturated rings. The van der Waals surface area contributed by atoms with Crippen molar-refractivity contribution in [3.63, 3.8) is 0 Å². The summed E-state index contributed by atoms with van der Waals surface area (Å²) < 4.78 is 5.56. The number of aromatic nitrogens is 1. The van der Waals surface area contributed by atoms with Crippen LogP contribution in [0.1, 0.15) is 16.8 Å². The van der Waals surface area contributed by atoms with Gasteiger partial charge in [-0.3, -0.25) is 0 Å². The first-order valence-corrected chi connectivity index (χ1v) is 6.37. The van der Waals surface area contributed by atoms with Gasteiger partial charge in [-0.25, -0.2) is 9.78 Å². The van der Waals surface area contributed by atoms with Gasteiger partial charge in [0.05, 0.1) is 12.2 Å². The molecule has 0 aliphatic heterocycles. The van der Waals surface area contributed by atoms with E-state index in [1.165, 1.54) is 12.3 Å². The Balaban J connectivity index is 1.67. The van der Waals surface area contributed by atoms with Crippen molar-refractivity contribution < 1.29 is 14.6 Å².